The number of nitrogens with one attached hydrogen (secondary N) is 1. The molecule has 0 atom stereocenters. The van der Waals surface area contributed by atoms with E-state index in [1.165, 1.54) is 0 Å². The van der Waals surface area contributed by atoms with Crippen molar-refractivity contribution in [2.75, 3.05) is 6.61 Å². The smallest absolute Gasteiger partial charge is 0.265 e. The summed E-state index contributed by atoms with van der Waals surface area (Å²) in [5, 5.41) is 0. The van der Waals surface area contributed by atoms with Gasteiger partial charge in [0.25, 0.3) is 15.9 Å². The lowest BCUT2D eigenvalue weighted by atomic mass is 9.87. The van der Waals surface area contributed by atoms with Gasteiger partial charge in [-0.15, -0.1) is 0 Å². The van der Waals surface area contributed by atoms with Crippen molar-refractivity contribution in [3.63, 3.8) is 0 Å². The molecule has 5 nitrogen and oxygen atoms in total. The monoisotopic (exact) mass is 541 g/mol. The molecule has 4 aromatic rings. The van der Waals surface area contributed by atoms with Crippen molar-refractivity contribution in [1.29, 1.82) is 0 Å². The number of hydrogen-bond acceptors (Lipinski definition) is 4. The van der Waals surface area contributed by atoms with E-state index >= 15 is 0 Å². The van der Waals surface area contributed by atoms with E-state index in [9.17, 15) is 13.2 Å². The molecular formula is C33H35NO4S. The van der Waals surface area contributed by atoms with Gasteiger partial charge >= 0.3 is 0 Å². The van der Waals surface area contributed by atoms with Gasteiger partial charge in [-0.2, -0.15) is 0 Å². The SMILES string of the molecule is CCOc1ccccc1-c1ccc(C(=O)NS(=O)(=O)c2ccc(C(C)(C)C)cc2)c(CCc2ccccc2)c1. The zero-order valence-corrected chi connectivity index (χ0v) is 23.7. The number of carbonyl (C=O) groups is 1. The fraction of sp³-hybridized carbons (Fsp3) is 0.242. The second-order valence-electron chi connectivity index (χ2n) is 10.5. The number of hydrogen-bond donors (Lipinski definition) is 1. The van der Waals surface area contributed by atoms with Crippen molar-refractivity contribution < 1.29 is 17.9 Å². The normalized spacial score (nSPS) is 11.7. The minimum absolute atomic E-state index is 0.0527. The molecule has 0 aliphatic carbocycles. The molecule has 0 bridgehead atoms. The Balaban J connectivity index is 1.66. The van der Waals surface area contributed by atoms with Crippen molar-refractivity contribution in [3.8, 4) is 16.9 Å². The lowest BCUT2D eigenvalue weighted by Gasteiger charge is -2.19. The third-order valence-corrected chi connectivity index (χ3v) is 7.98. The van der Waals surface area contributed by atoms with Gasteiger partial charge in [0.15, 0.2) is 0 Å². The molecule has 0 saturated carbocycles. The predicted molar refractivity (Wildman–Crippen MR) is 157 cm³/mol. The molecule has 1 N–H and O–H groups in total. The summed E-state index contributed by atoms with van der Waals surface area (Å²) < 4.78 is 34.4. The number of ether oxygens (including phenoxy) is 1. The van der Waals surface area contributed by atoms with Gasteiger partial charge in [0, 0.05) is 11.1 Å². The Morgan fingerprint density at radius 2 is 1.49 bits per heavy atom. The summed E-state index contributed by atoms with van der Waals surface area (Å²) in [4.78, 5) is 13.4. The van der Waals surface area contributed by atoms with Crippen LogP contribution in [0, 0.1) is 0 Å². The number of aryl methyl sites for hydroxylation is 2. The molecule has 0 spiro atoms. The van der Waals surface area contributed by atoms with Crippen molar-refractivity contribution in [1.82, 2.24) is 4.72 Å². The minimum atomic E-state index is -4.05. The Morgan fingerprint density at radius 3 is 2.15 bits per heavy atom. The average Bonchev–Trinajstić information content (AvgIpc) is 2.92. The highest BCUT2D eigenvalue weighted by molar-refractivity contribution is 7.90. The molecule has 0 aliphatic heterocycles. The first-order chi connectivity index (χ1) is 18.6. The molecule has 1 amide bonds. The van der Waals surface area contributed by atoms with Crippen LogP contribution >= 0.6 is 0 Å². The number of carbonyl (C=O) groups excluding carboxylic acids is 1. The van der Waals surface area contributed by atoms with Gasteiger partial charge in [-0.3, -0.25) is 4.79 Å². The average molecular weight is 542 g/mol. The third kappa shape index (κ3) is 6.95. The van der Waals surface area contributed by atoms with Gasteiger partial charge in [0.1, 0.15) is 5.75 Å². The van der Waals surface area contributed by atoms with Crippen LogP contribution in [0.2, 0.25) is 0 Å². The lowest BCUT2D eigenvalue weighted by Crippen LogP contribution is -2.31. The highest BCUT2D eigenvalue weighted by atomic mass is 32.2. The zero-order valence-electron chi connectivity index (χ0n) is 22.9. The maximum absolute atomic E-state index is 13.4. The van der Waals surface area contributed by atoms with Gasteiger partial charge in [-0.25, -0.2) is 13.1 Å². The van der Waals surface area contributed by atoms with E-state index in [0.29, 0.717) is 25.0 Å². The summed E-state index contributed by atoms with van der Waals surface area (Å²) in [6.45, 7) is 8.66. The van der Waals surface area contributed by atoms with Gasteiger partial charge in [0.2, 0.25) is 0 Å². The molecule has 0 saturated heterocycles. The van der Waals surface area contributed by atoms with Gasteiger partial charge in [-0.1, -0.05) is 93.6 Å². The molecule has 6 heteroatoms. The van der Waals surface area contributed by atoms with Crippen LogP contribution in [0.4, 0.5) is 0 Å². The molecule has 202 valence electrons. The summed E-state index contributed by atoms with van der Waals surface area (Å²) in [6, 6.07) is 29.9. The number of amides is 1. The number of rotatable bonds is 9. The second kappa shape index (κ2) is 11.9. The molecule has 39 heavy (non-hydrogen) atoms. The second-order valence-corrected chi connectivity index (χ2v) is 12.2. The van der Waals surface area contributed by atoms with E-state index in [0.717, 1.165) is 33.6 Å². The van der Waals surface area contributed by atoms with Crippen molar-refractivity contribution in [2.24, 2.45) is 0 Å². The number of benzene rings is 4. The van der Waals surface area contributed by atoms with E-state index in [4.69, 9.17) is 4.74 Å². The molecular weight excluding hydrogens is 506 g/mol. The molecule has 4 aromatic carbocycles. The predicted octanol–water partition coefficient (Wildman–Crippen LogP) is 6.95. The molecule has 0 fully saturated rings. The third-order valence-electron chi connectivity index (χ3n) is 6.63. The van der Waals surface area contributed by atoms with E-state index in [2.05, 4.69) is 25.5 Å². The standard InChI is InChI=1S/C33H35NO4S/c1-5-38-31-14-10-9-13-29(31)25-17-22-30(26(23-25)16-15-24-11-7-6-8-12-24)32(35)34-39(36,37)28-20-18-27(19-21-28)33(2,3)4/h6-14,17-23H,5,15-16H2,1-4H3,(H,34,35). The topological polar surface area (TPSA) is 72.5 Å². The Bertz CT molecular complexity index is 1540. The highest BCUT2D eigenvalue weighted by Gasteiger charge is 2.22. The number of para-hydroxylation sites is 1. The van der Waals surface area contributed by atoms with Crippen LogP contribution in [0.3, 0.4) is 0 Å². The molecule has 0 aliphatic rings. The van der Waals surface area contributed by atoms with Gasteiger partial charge in [-0.05, 0) is 71.7 Å². The largest absolute Gasteiger partial charge is 0.493 e. The van der Waals surface area contributed by atoms with Crippen molar-refractivity contribution in [3.05, 3.63) is 119 Å². The quantitative estimate of drug-likeness (QED) is 0.249. The molecule has 0 radical (unpaired) electrons. The molecule has 4 rings (SSSR count). The lowest BCUT2D eigenvalue weighted by molar-refractivity contribution is 0.0980. The van der Waals surface area contributed by atoms with Gasteiger partial charge in [0.05, 0.1) is 11.5 Å². The van der Waals surface area contributed by atoms with E-state index in [-0.39, 0.29) is 10.3 Å². The van der Waals surface area contributed by atoms with Crippen LogP contribution < -0.4 is 9.46 Å². The maximum atomic E-state index is 13.4. The summed E-state index contributed by atoms with van der Waals surface area (Å²) in [7, 11) is -4.05. The van der Waals surface area contributed by atoms with E-state index < -0.39 is 15.9 Å². The molecule has 0 heterocycles. The van der Waals surface area contributed by atoms with Crippen LogP contribution in [0.25, 0.3) is 11.1 Å². The van der Waals surface area contributed by atoms with E-state index in [1.807, 2.05) is 73.7 Å². The Hall–Kier alpha value is -3.90. The minimum Gasteiger partial charge on any atom is -0.493 e. The van der Waals surface area contributed by atoms with Crippen LogP contribution in [-0.2, 0) is 28.3 Å². The van der Waals surface area contributed by atoms with Crippen LogP contribution in [0.1, 0.15) is 54.7 Å². The Labute approximate surface area is 231 Å². The van der Waals surface area contributed by atoms with Crippen LogP contribution in [-0.4, -0.2) is 20.9 Å². The molecule has 0 aromatic heterocycles. The Kier molecular flexibility index (Phi) is 8.56. The van der Waals surface area contributed by atoms with Crippen LogP contribution in [0.5, 0.6) is 5.75 Å². The first kappa shape index (κ1) is 28.1. The highest BCUT2D eigenvalue weighted by Crippen LogP contribution is 2.32. The molecule has 0 unspecified atom stereocenters. The Morgan fingerprint density at radius 1 is 0.821 bits per heavy atom. The fourth-order valence-electron chi connectivity index (χ4n) is 4.47. The van der Waals surface area contributed by atoms with E-state index in [1.54, 1.807) is 30.3 Å². The summed E-state index contributed by atoms with van der Waals surface area (Å²) >= 11 is 0. The van der Waals surface area contributed by atoms with Crippen LogP contribution in [0.15, 0.2) is 102 Å². The van der Waals surface area contributed by atoms with Crippen molar-refractivity contribution >= 4 is 15.9 Å². The summed E-state index contributed by atoms with van der Waals surface area (Å²) in [5.74, 6) is 0.107. The summed E-state index contributed by atoms with van der Waals surface area (Å²) in [5.41, 5.74) is 4.95. The fourth-order valence-corrected chi connectivity index (χ4v) is 5.44. The maximum Gasteiger partial charge on any atom is 0.265 e. The summed E-state index contributed by atoms with van der Waals surface area (Å²) in [6.07, 6.45) is 1.27. The first-order valence-electron chi connectivity index (χ1n) is 13.2. The van der Waals surface area contributed by atoms with Crippen molar-refractivity contribution in [2.45, 2.75) is 50.8 Å². The van der Waals surface area contributed by atoms with Gasteiger partial charge < -0.3 is 4.74 Å². The first-order valence-corrected chi connectivity index (χ1v) is 14.6. The number of sulfonamides is 1. The zero-order chi connectivity index (χ0) is 28.0.